The van der Waals surface area contributed by atoms with E-state index in [0.717, 1.165) is 5.56 Å². The lowest BCUT2D eigenvalue weighted by atomic mass is 10.1. The normalized spacial score (nSPS) is 14.4. The third kappa shape index (κ3) is 5.04. The van der Waals surface area contributed by atoms with Crippen LogP contribution in [0.2, 0.25) is 0 Å². The SMILES string of the molecule is C[C@H](c1ccccc1)N(C)C(=O)[C@H](O)[C@@H](O)C(=O)NCC(N)=O. The van der Waals surface area contributed by atoms with Crippen LogP contribution in [-0.2, 0) is 14.4 Å². The van der Waals surface area contributed by atoms with Crippen molar-refractivity contribution in [1.29, 1.82) is 0 Å². The number of nitrogens with one attached hydrogen (secondary N) is 1. The average Bonchev–Trinajstić information content (AvgIpc) is 2.56. The molecule has 0 unspecified atom stereocenters. The third-order valence-corrected chi connectivity index (χ3v) is 3.47. The van der Waals surface area contributed by atoms with Crippen LogP contribution >= 0.6 is 0 Å². The maximum Gasteiger partial charge on any atom is 0.254 e. The molecule has 0 saturated carbocycles. The lowest BCUT2D eigenvalue weighted by Crippen LogP contribution is -2.51. The topological polar surface area (TPSA) is 133 Å². The number of hydrogen-bond donors (Lipinski definition) is 4. The molecule has 0 aliphatic rings. The van der Waals surface area contributed by atoms with E-state index in [1.807, 2.05) is 35.6 Å². The van der Waals surface area contributed by atoms with Gasteiger partial charge in [-0.3, -0.25) is 14.4 Å². The van der Waals surface area contributed by atoms with E-state index in [-0.39, 0.29) is 6.04 Å². The second-order valence-corrected chi connectivity index (χ2v) is 5.11. The fraction of sp³-hybridized carbons (Fsp3) is 0.400. The van der Waals surface area contributed by atoms with Gasteiger partial charge < -0.3 is 26.2 Å². The number of amides is 3. The van der Waals surface area contributed by atoms with E-state index < -0.39 is 36.5 Å². The van der Waals surface area contributed by atoms with Crippen molar-refractivity contribution in [2.75, 3.05) is 13.6 Å². The fourth-order valence-corrected chi connectivity index (χ4v) is 1.91. The van der Waals surface area contributed by atoms with Crippen LogP contribution < -0.4 is 11.1 Å². The van der Waals surface area contributed by atoms with Gasteiger partial charge in [0.1, 0.15) is 0 Å². The van der Waals surface area contributed by atoms with E-state index in [9.17, 15) is 24.6 Å². The van der Waals surface area contributed by atoms with Crippen molar-refractivity contribution in [3.8, 4) is 0 Å². The minimum Gasteiger partial charge on any atom is -0.380 e. The number of aliphatic hydroxyl groups is 2. The summed E-state index contributed by atoms with van der Waals surface area (Å²) in [7, 11) is 1.46. The van der Waals surface area contributed by atoms with Gasteiger partial charge in [-0.25, -0.2) is 0 Å². The average molecular weight is 323 g/mol. The monoisotopic (exact) mass is 323 g/mol. The number of primary amides is 1. The van der Waals surface area contributed by atoms with Crippen LogP contribution in [0.1, 0.15) is 18.5 Å². The summed E-state index contributed by atoms with van der Waals surface area (Å²) in [6.07, 6.45) is -3.94. The maximum absolute atomic E-state index is 12.2. The zero-order valence-corrected chi connectivity index (χ0v) is 13.0. The number of hydrogen-bond acceptors (Lipinski definition) is 5. The Bertz CT molecular complexity index is 563. The molecule has 0 aliphatic heterocycles. The van der Waals surface area contributed by atoms with Crippen LogP contribution in [0.25, 0.3) is 0 Å². The number of nitrogens with zero attached hydrogens (tertiary/aromatic N) is 1. The van der Waals surface area contributed by atoms with Crippen molar-refractivity contribution in [2.24, 2.45) is 5.73 Å². The van der Waals surface area contributed by atoms with Crippen LogP contribution in [0.4, 0.5) is 0 Å². The Balaban J connectivity index is 2.71. The lowest BCUT2D eigenvalue weighted by Gasteiger charge is -2.28. The van der Waals surface area contributed by atoms with Crippen molar-refractivity contribution in [3.05, 3.63) is 35.9 Å². The van der Waals surface area contributed by atoms with Crippen molar-refractivity contribution >= 4 is 17.7 Å². The molecule has 126 valence electrons. The lowest BCUT2D eigenvalue weighted by molar-refractivity contribution is -0.153. The van der Waals surface area contributed by atoms with Gasteiger partial charge in [-0.15, -0.1) is 0 Å². The summed E-state index contributed by atoms with van der Waals surface area (Å²) >= 11 is 0. The first-order valence-corrected chi connectivity index (χ1v) is 6.99. The minimum atomic E-state index is -1.99. The number of aliphatic hydroxyl groups excluding tert-OH is 2. The number of benzene rings is 1. The Morgan fingerprint density at radius 3 is 2.26 bits per heavy atom. The summed E-state index contributed by atoms with van der Waals surface area (Å²) in [5, 5.41) is 21.6. The predicted molar refractivity (Wildman–Crippen MR) is 81.8 cm³/mol. The van der Waals surface area contributed by atoms with Gasteiger partial charge in [0.15, 0.2) is 12.2 Å². The highest BCUT2D eigenvalue weighted by atomic mass is 16.3. The van der Waals surface area contributed by atoms with Crippen LogP contribution in [-0.4, -0.2) is 58.6 Å². The van der Waals surface area contributed by atoms with E-state index in [2.05, 4.69) is 0 Å². The molecule has 0 bridgehead atoms. The Morgan fingerprint density at radius 1 is 1.17 bits per heavy atom. The fourth-order valence-electron chi connectivity index (χ4n) is 1.91. The highest BCUT2D eigenvalue weighted by Gasteiger charge is 2.33. The second-order valence-electron chi connectivity index (χ2n) is 5.11. The molecule has 0 aromatic heterocycles. The molecule has 0 aliphatic carbocycles. The van der Waals surface area contributed by atoms with Crippen molar-refractivity contribution in [3.63, 3.8) is 0 Å². The molecule has 3 atom stereocenters. The Labute approximate surface area is 133 Å². The van der Waals surface area contributed by atoms with E-state index in [1.165, 1.54) is 11.9 Å². The first-order valence-electron chi connectivity index (χ1n) is 6.99. The molecule has 0 fully saturated rings. The van der Waals surface area contributed by atoms with Crippen LogP contribution in [0.3, 0.4) is 0 Å². The molecular formula is C15H21N3O5. The summed E-state index contributed by atoms with van der Waals surface area (Å²) in [4.78, 5) is 35.5. The highest BCUT2D eigenvalue weighted by molar-refractivity contribution is 5.92. The van der Waals surface area contributed by atoms with E-state index >= 15 is 0 Å². The quantitative estimate of drug-likeness (QED) is 0.486. The molecule has 0 saturated heterocycles. The van der Waals surface area contributed by atoms with Gasteiger partial charge in [0.25, 0.3) is 11.8 Å². The van der Waals surface area contributed by atoms with E-state index in [0.29, 0.717) is 0 Å². The van der Waals surface area contributed by atoms with Crippen molar-refractivity contribution in [2.45, 2.75) is 25.2 Å². The van der Waals surface area contributed by atoms with E-state index in [1.54, 1.807) is 6.92 Å². The van der Waals surface area contributed by atoms with Crippen LogP contribution in [0.15, 0.2) is 30.3 Å². The number of nitrogens with two attached hydrogens (primary N) is 1. The molecule has 1 aromatic carbocycles. The number of rotatable bonds is 7. The van der Waals surface area contributed by atoms with Gasteiger partial charge >= 0.3 is 0 Å². The molecule has 5 N–H and O–H groups in total. The largest absolute Gasteiger partial charge is 0.380 e. The second kappa shape index (κ2) is 8.25. The van der Waals surface area contributed by atoms with Crippen molar-refractivity contribution in [1.82, 2.24) is 10.2 Å². The number of carbonyl (C=O) groups is 3. The number of likely N-dealkylation sites (N-methyl/N-ethyl adjacent to an activating group) is 1. The van der Waals surface area contributed by atoms with Crippen LogP contribution in [0.5, 0.6) is 0 Å². The zero-order valence-electron chi connectivity index (χ0n) is 13.0. The highest BCUT2D eigenvalue weighted by Crippen LogP contribution is 2.19. The van der Waals surface area contributed by atoms with Gasteiger partial charge in [0, 0.05) is 7.05 Å². The predicted octanol–water partition coefficient (Wildman–Crippen LogP) is -1.47. The molecule has 0 spiro atoms. The van der Waals surface area contributed by atoms with Crippen molar-refractivity contribution < 1.29 is 24.6 Å². The third-order valence-electron chi connectivity index (χ3n) is 3.47. The van der Waals surface area contributed by atoms with E-state index in [4.69, 9.17) is 5.73 Å². The van der Waals surface area contributed by atoms with Crippen LogP contribution in [0, 0.1) is 0 Å². The first-order chi connectivity index (χ1) is 10.8. The first kappa shape index (κ1) is 18.6. The summed E-state index contributed by atoms with van der Waals surface area (Å²) in [6.45, 7) is 1.26. The summed E-state index contributed by atoms with van der Waals surface area (Å²) < 4.78 is 0. The van der Waals surface area contributed by atoms with Gasteiger partial charge in [-0.1, -0.05) is 30.3 Å². The Kier molecular flexibility index (Phi) is 6.67. The Morgan fingerprint density at radius 2 is 1.74 bits per heavy atom. The zero-order chi connectivity index (χ0) is 17.6. The molecule has 1 rings (SSSR count). The summed E-state index contributed by atoms with van der Waals surface area (Å²) in [5.41, 5.74) is 5.69. The standard InChI is InChI=1S/C15H21N3O5/c1-9(10-6-4-3-5-7-10)18(2)15(23)13(21)12(20)14(22)17-8-11(16)19/h3-7,9,12-13,20-21H,8H2,1-2H3,(H2,16,19)(H,17,22)/t9-,12-,13-/m1/s1. The van der Waals surface area contributed by atoms with Gasteiger partial charge in [-0.05, 0) is 12.5 Å². The van der Waals surface area contributed by atoms with Gasteiger partial charge in [0.2, 0.25) is 5.91 Å². The molecule has 8 nitrogen and oxygen atoms in total. The molecular weight excluding hydrogens is 302 g/mol. The molecule has 1 aromatic rings. The number of carbonyl (C=O) groups excluding carboxylic acids is 3. The molecule has 3 amide bonds. The summed E-state index contributed by atoms with van der Waals surface area (Å²) in [5.74, 6) is -2.67. The molecule has 0 radical (unpaired) electrons. The Hall–Kier alpha value is -2.45. The van der Waals surface area contributed by atoms with Gasteiger partial charge in [0.05, 0.1) is 12.6 Å². The van der Waals surface area contributed by atoms with Gasteiger partial charge in [-0.2, -0.15) is 0 Å². The molecule has 0 heterocycles. The summed E-state index contributed by atoms with van der Waals surface area (Å²) in [6, 6.07) is 8.73. The minimum absolute atomic E-state index is 0.362. The maximum atomic E-state index is 12.2. The smallest absolute Gasteiger partial charge is 0.254 e. The molecule has 8 heteroatoms. The molecule has 23 heavy (non-hydrogen) atoms.